The van der Waals surface area contributed by atoms with Gasteiger partial charge in [-0.25, -0.2) is 0 Å². The average Bonchev–Trinajstić information content (AvgIpc) is 2.84. The molecule has 2 atom stereocenters. The summed E-state index contributed by atoms with van der Waals surface area (Å²) in [5, 5.41) is 3.29. The van der Waals surface area contributed by atoms with E-state index in [0.717, 1.165) is 65.1 Å². The second kappa shape index (κ2) is 9.69. The quantitative estimate of drug-likeness (QED) is 0.522. The lowest BCUT2D eigenvalue weighted by atomic mass is 9.82. The minimum Gasteiger partial charge on any atom is -0.496 e. The SMILES string of the molecule is CCCOc1cc(-c2cc3c(c(OC)c2)CC(CC)C=N3)c2c(c1C(N)=O)NC=CC2CC. The first-order chi connectivity index (χ1) is 16.0. The summed E-state index contributed by atoms with van der Waals surface area (Å²) < 4.78 is 11.8. The van der Waals surface area contributed by atoms with Crippen molar-refractivity contribution in [2.24, 2.45) is 16.6 Å². The zero-order chi connectivity index (χ0) is 23.5. The third-order valence-electron chi connectivity index (χ3n) is 6.54. The van der Waals surface area contributed by atoms with E-state index >= 15 is 0 Å². The number of ether oxygens (including phenoxy) is 2. The number of nitrogens with zero attached hydrogens (tertiary/aromatic N) is 1. The minimum atomic E-state index is -0.500. The summed E-state index contributed by atoms with van der Waals surface area (Å²) in [6, 6.07) is 6.16. The van der Waals surface area contributed by atoms with Crippen molar-refractivity contribution in [2.45, 2.75) is 52.4 Å². The van der Waals surface area contributed by atoms with Gasteiger partial charge in [0.1, 0.15) is 17.1 Å². The van der Waals surface area contributed by atoms with Crippen LogP contribution in [0.5, 0.6) is 11.5 Å². The number of rotatable bonds is 8. The first kappa shape index (κ1) is 22.9. The minimum absolute atomic E-state index is 0.143. The molecule has 0 spiro atoms. The Bertz CT molecular complexity index is 1120. The number of nitrogens with two attached hydrogens (primary N) is 1. The number of allylic oxidation sites excluding steroid dienone is 1. The monoisotopic (exact) mass is 447 g/mol. The molecule has 0 radical (unpaired) electrons. The second-order valence-corrected chi connectivity index (χ2v) is 8.64. The summed E-state index contributed by atoms with van der Waals surface area (Å²) in [6.07, 6.45) is 9.75. The van der Waals surface area contributed by atoms with Gasteiger partial charge in [0.25, 0.3) is 5.91 Å². The fourth-order valence-electron chi connectivity index (χ4n) is 4.74. The molecule has 2 aromatic rings. The van der Waals surface area contributed by atoms with E-state index in [0.29, 0.717) is 23.8 Å². The Kier molecular flexibility index (Phi) is 6.72. The molecule has 6 heteroatoms. The number of nitrogens with one attached hydrogen (secondary N) is 1. The van der Waals surface area contributed by atoms with Crippen LogP contribution in [0.4, 0.5) is 11.4 Å². The molecule has 0 fully saturated rings. The molecule has 2 aliphatic rings. The largest absolute Gasteiger partial charge is 0.496 e. The van der Waals surface area contributed by atoms with Crippen LogP contribution in [0.3, 0.4) is 0 Å². The van der Waals surface area contributed by atoms with Gasteiger partial charge in [-0.15, -0.1) is 0 Å². The smallest absolute Gasteiger partial charge is 0.254 e. The molecule has 3 N–H and O–H groups in total. The van der Waals surface area contributed by atoms with Crippen LogP contribution >= 0.6 is 0 Å². The number of fused-ring (bicyclic) bond motifs is 2. The summed E-state index contributed by atoms with van der Waals surface area (Å²) >= 11 is 0. The van der Waals surface area contributed by atoms with Crippen LogP contribution in [-0.4, -0.2) is 25.8 Å². The number of carbonyl (C=O) groups is 1. The molecule has 0 aromatic heterocycles. The van der Waals surface area contributed by atoms with Gasteiger partial charge in [-0.2, -0.15) is 0 Å². The number of hydrogen-bond acceptors (Lipinski definition) is 5. The van der Waals surface area contributed by atoms with Crippen LogP contribution in [-0.2, 0) is 6.42 Å². The lowest BCUT2D eigenvalue weighted by molar-refractivity contribution is 0.0997. The molecule has 0 saturated carbocycles. The Morgan fingerprint density at radius 3 is 2.67 bits per heavy atom. The Hall–Kier alpha value is -3.28. The Labute approximate surface area is 195 Å². The van der Waals surface area contributed by atoms with E-state index in [1.54, 1.807) is 7.11 Å². The Morgan fingerprint density at radius 1 is 1.18 bits per heavy atom. The first-order valence-electron chi connectivity index (χ1n) is 11.8. The number of amides is 1. The number of aliphatic imine (C=N–C) groups is 1. The molecule has 33 heavy (non-hydrogen) atoms. The number of benzene rings is 2. The van der Waals surface area contributed by atoms with Crippen molar-refractivity contribution in [3.05, 3.63) is 47.2 Å². The van der Waals surface area contributed by atoms with Crippen LogP contribution in [0.2, 0.25) is 0 Å². The van der Waals surface area contributed by atoms with Crippen molar-refractivity contribution < 1.29 is 14.3 Å². The lowest BCUT2D eigenvalue weighted by Crippen LogP contribution is -2.19. The lowest BCUT2D eigenvalue weighted by Gasteiger charge is -2.28. The number of methoxy groups -OCH3 is 1. The number of carbonyl (C=O) groups excluding carboxylic acids is 1. The molecule has 0 aliphatic carbocycles. The zero-order valence-corrected chi connectivity index (χ0v) is 19.9. The van der Waals surface area contributed by atoms with E-state index < -0.39 is 5.91 Å². The predicted octanol–water partition coefficient (Wildman–Crippen LogP) is 5.97. The summed E-state index contributed by atoms with van der Waals surface area (Å²) in [5.41, 5.74) is 12.1. The highest BCUT2D eigenvalue weighted by Gasteiger charge is 2.29. The number of primary amides is 1. The van der Waals surface area contributed by atoms with E-state index in [1.807, 2.05) is 25.4 Å². The zero-order valence-electron chi connectivity index (χ0n) is 19.9. The molecular formula is C27H33N3O3. The maximum atomic E-state index is 12.5. The second-order valence-electron chi connectivity index (χ2n) is 8.64. The molecule has 2 heterocycles. The average molecular weight is 448 g/mol. The first-order valence-corrected chi connectivity index (χ1v) is 11.8. The highest BCUT2D eigenvalue weighted by molar-refractivity contribution is 6.04. The van der Waals surface area contributed by atoms with E-state index in [4.69, 9.17) is 20.2 Å². The Morgan fingerprint density at radius 2 is 2.00 bits per heavy atom. The fraction of sp³-hybridized carbons (Fsp3) is 0.407. The van der Waals surface area contributed by atoms with Crippen molar-refractivity contribution in [3.63, 3.8) is 0 Å². The van der Waals surface area contributed by atoms with Crippen molar-refractivity contribution in [1.29, 1.82) is 0 Å². The molecule has 174 valence electrons. The third kappa shape index (κ3) is 4.22. The van der Waals surface area contributed by atoms with Gasteiger partial charge < -0.3 is 20.5 Å². The predicted molar refractivity (Wildman–Crippen MR) is 134 cm³/mol. The summed E-state index contributed by atoms with van der Waals surface area (Å²) in [6.45, 7) is 6.86. The van der Waals surface area contributed by atoms with Gasteiger partial charge in [0.15, 0.2) is 0 Å². The van der Waals surface area contributed by atoms with Crippen LogP contribution in [0.1, 0.15) is 67.4 Å². The Balaban J connectivity index is 1.97. The normalized spacial score (nSPS) is 18.3. The van der Waals surface area contributed by atoms with Gasteiger partial charge in [0.05, 0.1) is 25.1 Å². The maximum Gasteiger partial charge on any atom is 0.254 e. The van der Waals surface area contributed by atoms with Gasteiger partial charge in [-0.3, -0.25) is 9.79 Å². The number of anilines is 1. The highest BCUT2D eigenvalue weighted by atomic mass is 16.5. The highest BCUT2D eigenvalue weighted by Crippen LogP contribution is 2.47. The van der Waals surface area contributed by atoms with E-state index in [9.17, 15) is 4.79 Å². The van der Waals surface area contributed by atoms with Crippen molar-refractivity contribution in [3.8, 4) is 22.6 Å². The molecular weight excluding hydrogens is 414 g/mol. The standard InChI is InChI=1S/C27H33N3O3/c1-5-10-33-23-14-19(24-17(7-3)8-9-29-26(24)25(23)27(28)31)18-12-21-20(22(13-18)32-4)11-16(6-2)15-30-21/h8-9,12-17,29H,5-7,10-11H2,1-4H3,(H2,28,31). The molecule has 2 unspecified atom stereocenters. The van der Waals surface area contributed by atoms with Crippen molar-refractivity contribution in [2.75, 3.05) is 19.0 Å². The molecule has 6 nitrogen and oxygen atoms in total. The molecule has 0 saturated heterocycles. The summed E-state index contributed by atoms with van der Waals surface area (Å²) in [4.78, 5) is 17.3. The van der Waals surface area contributed by atoms with E-state index in [-0.39, 0.29) is 5.92 Å². The van der Waals surface area contributed by atoms with E-state index in [1.165, 1.54) is 0 Å². The molecule has 2 aliphatic heterocycles. The van der Waals surface area contributed by atoms with Crippen LogP contribution < -0.4 is 20.5 Å². The summed E-state index contributed by atoms with van der Waals surface area (Å²) in [5.74, 6) is 1.41. The number of hydrogen-bond donors (Lipinski definition) is 2. The molecule has 0 bridgehead atoms. The molecule has 4 rings (SSSR count). The van der Waals surface area contributed by atoms with Crippen LogP contribution in [0, 0.1) is 5.92 Å². The molecule has 1 amide bonds. The van der Waals surface area contributed by atoms with Crippen LogP contribution in [0.15, 0.2) is 35.5 Å². The third-order valence-corrected chi connectivity index (χ3v) is 6.54. The topological polar surface area (TPSA) is 85.9 Å². The summed E-state index contributed by atoms with van der Waals surface area (Å²) in [7, 11) is 1.71. The van der Waals surface area contributed by atoms with Gasteiger partial charge in [-0.1, -0.05) is 26.8 Å². The maximum absolute atomic E-state index is 12.5. The fourth-order valence-corrected chi connectivity index (χ4v) is 4.74. The van der Waals surface area contributed by atoms with Gasteiger partial charge in [-0.05, 0) is 72.7 Å². The van der Waals surface area contributed by atoms with Gasteiger partial charge in [0, 0.05) is 17.7 Å². The van der Waals surface area contributed by atoms with Gasteiger partial charge >= 0.3 is 0 Å². The van der Waals surface area contributed by atoms with Gasteiger partial charge in [0.2, 0.25) is 0 Å². The van der Waals surface area contributed by atoms with Crippen molar-refractivity contribution >= 4 is 23.5 Å². The van der Waals surface area contributed by atoms with E-state index in [2.05, 4.69) is 37.4 Å². The molecule has 2 aromatic carbocycles. The van der Waals surface area contributed by atoms with Crippen LogP contribution in [0.25, 0.3) is 11.1 Å². The van der Waals surface area contributed by atoms with Crippen molar-refractivity contribution in [1.82, 2.24) is 0 Å².